The van der Waals surface area contributed by atoms with Crippen molar-refractivity contribution >= 4 is 5.91 Å². The number of primary amides is 1. The number of aromatic hydroxyl groups is 1. The number of fused-ring (bicyclic) bond motifs is 3. The zero-order valence-corrected chi connectivity index (χ0v) is 24.8. The van der Waals surface area contributed by atoms with Gasteiger partial charge in [0.15, 0.2) is 0 Å². The number of rotatable bonds is 8. The number of methoxy groups -OCH3 is 1. The first-order valence-electron chi connectivity index (χ1n) is 14.9. The van der Waals surface area contributed by atoms with Crippen LogP contribution in [0.25, 0.3) is 0 Å². The van der Waals surface area contributed by atoms with Gasteiger partial charge < -0.3 is 25.2 Å². The maximum atomic E-state index is 12.3. The summed E-state index contributed by atoms with van der Waals surface area (Å²) in [5.74, 6) is 0.323. The molecule has 7 atom stereocenters. The monoisotopic (exact) mass is 527 g/mol. The summed E-state index contributed by atoms with van der Waals surface area (Å²) in [6.45, 7) is 13.1. The van der Waals surface area contributed by atoms with Crippen molar-refractivity contribution in [3.63, 3.8) is 0 Å². The predicted octanol–water partition coefficient (Wildman–Crippen LogP) is 5.14. The molecule has 2 bridgehead atoms. The molecule has 4 fully saturated rings. The van der Waals surface area contributed by atoms with E-state index in [1.165, 1.54) is 19.4 Å². The van der Waals surface area contributed by atoms with E-state index in [1.807, 2.05) is 13.0 Å². The highest BCUT2D eigenvalue weighted by Gasteiger charge is 2.71. The van der Waals surface area contributed by atoms with Gasteiger partial charge in [0.1, 0.15) is 5.75 Å². The fourth-order valence-electron chi connectivity index (χ4n) is 9.33. The number of hydrogen-bond donors (Lipinski definition) is 3. The zero-order chi connectivity index (χ0) is 27.9. The van der Waals surface area contributed by atoms with Crippen molar-refractivity contribution in [2.24, 2.45) is 28.4 Å². The standard InChI is InChI=1S/C32H50N2O4/c1-8-15-34(6,19-20-9-10-20)25-16-21-11-12-22(28(33)36)27(35)26(21)23-17-32(38-7)14-13-31(23,25)18-24(32)30(5,37)29(2,3)4/h11-12,20,23-25,37H,8-10,13-19H2,1-7H3,(H2-,33,35,36)/p+1/t23?,24-,25-,30?,31+,32+,34-/m1/s1. The lowest BCUT2D eigenvalue weighted by atomic mass is 9.40. The second-order valence-corrected chi connectivity index (χ2v) is 14.9. The molecule has 1 amide bonds. The summed E-state index contributed by atoms with van der Waals surface area (Å²) >= 11 is 0. The average molecular weight is 528 g/mol. The molecule has 6 nitrogen and oxygen atoms in total. The Hall–Kier alpha value is -1.63. The number of likely N-dealkylation sites (N-methyl/N-ethyl adjacent to an activating group) is 1. The third-order valence-electron chi connectivity index (χ3n) is 11.9. The number of carbonyl (C=O) groups excluding carboxylic acids is 1. The summed E-state index contributed by atoms with van der Waals surface area (Å²) in [4.78, 5) is 12.3. The molecule has 4 N–H and O–H groups in total. The smallest absolute Gasteiger partial charge is 0.252 e. The van der Waals surface area contributed by atoms with E-state index in [0.717, 1.165) is 66.6 Å². The quantitative estimate of drug-likeness (QED) is 0.408. The van der Waals surface area contributed by atoms with E-state index in [9.17, 15) is 15.0 Å². The Kier molecular flexibility index (Phi) is 6.57. The minimum atomic E-state index is -0.923. The summed E-state index contributed by atoms with van der Waals surface area (Å²) in [7, 11) is 4.28. The van der Waals surface area contributed by atoms with Gasteiger partial charge in [-0.05, 0) is 68.9 Å². The molecule has 0 heterocycles. The van der Waals surface area contributed by atoms with Crippen LogP contribution in [0.4, 0.5) is 0 Å². The first-order chi connectivity index (χ1) is 17.7. The van der Waals surface area contributed by atoms with Gasteiger partial charge in [-0.1, -0.05) is 33.8 Å². The Morgan fingerprint density at radius 2 is 1.87 bits per heavy atom. The summed E-state index contributed by atoms with van der Waals surface area (Å²) < 4.78 is 7.48. The van der Waals surface area contributed by atoms with E-state index < -0.39 is 17.1 Å². The second kappa shape index (κ2) is 8.94. The fraction of sp³-hybridized carbons (Fsp3) is 0.781. The van der Waals surface area contributed by atoms with Crippen molar-refractivity contribution in [3.05, 3.63) is 28.8 Å². The van der Waals surface area contributed by atoms with Crippen molar-refractivity contribution in [2.75, 3.05) is 27.2 Å². The molecule has 0 aromatic heterocycles. The summed E-state index contributed by atoms with van der Waals surface area (Å²) in [5.41, 5.74) is 6.18. The van der Waals surface area contributed by atoms with E-state index in [2.05, 4.69) is 34.7 Å². The number of phenols is 1. The Morgan fingerprint density at radius 1 is 1.18 bits per heavy atom. The van der Waals surface area contributed by atoms with Crippen molar-refractivity contribution in [1.82, 2.24) is 0 Å². The van der Waals surface area contributed by atoms with Crippen molar-refractivity contribution < 1.29 is 24.2 Å². The average Bonchev–Trinajstić information content (AvgIpc) is 3.65. The maximum absolute atomic E-state index is 12.3. The molecular weight excluding hydrogens is 476 g/mol. The molecule has 38 heavy (non-hydrogen) atoms. The molecule has 0 radical (unpaired) electrons. The van der Waals surface area contributed by atoms with E-state index in [1.54, 1.807) is 13.2 Å². The third kappa shape index (κ3) is 3.96. The van der Waals surface area contributed by atoms with E-state index in [4.69, 9.17) is 10.5 Å². The van der Waals surface area contributed by atoms with Crippen molar-refractivity contribution in [1.29, 1.82) is 0 Å². The van der Waals surface area contributed by atoms with E-state index in [0.29, 0.717) is 6.04 Å². The number of ether oxygens (including phenoxy) is 1. The maximum Gasteiger partial charge on any atom is 0.252 e. The summed E-state index contributed by atoms with van der Waals surface area (Å²) in [6, 6.07) is 4.15. The molecule has 2 unspecified atom stereocenters. The van der Waals surface area contributed by atoms with E-state index in [-0.39, 0.29) is 34.0 Å². The van der Waals surface area contributed by atoms with Crippen LogP contribution in [0.3, 0.4) is 0 Å². The number of benzene rings is 1. The Balaban J connectivity index is 1.72. The van der Waals surface area contributed by atoms with Gasteiger partial charge in [-0.2, -0.15) is 0 Å². The highest BCUT2D eigenvalue weighted by Crippen LogP contribution is 2.71. The molecule has 6 heteroatoms. The number of hydrogen-bond acceptors (Lipinski definition) is 4. The van der Waals surface area contributed by atoms with E-state index >= 15 is 0 Å². The normalized spacial score (nSPS) is 35.6. The lowest BCUT2D eigenvalue weighted by molar-refractivity contribution is -0.944. The van der Waals surface area contributed by atoms with Crippen LogP contribution in [0.15, 0.2) is 12.1 Å². The molecule has 0 aliphatic heterocycles. The van der Waals surface area contributed by atoms with Crippen LogP contribution in [-0.2, 0) is 11.2 Å². The number of carbonyl (C=O) groups is 1. The lowest BCUT2D eigenvalue weighted by Gasteiger charge is -2.69. The van der Waals surface area contributed by atoms with Gasteiger partial charge in [0.05, 0.1) is 42.9 Å². The summed E-state index contributed by atoms with van der Waals surface area (Å²) in [5, 5.41) is 23.7. The van der Waals surface area contributed by atoms with Gasteiger partial charge in [-0.25, -0.2) is 0 Å². The molecule has 1 spiro atoms. The van der Waals surface area contributed by atoms with Gasteiger partial charge in [-0.15, -0.1) is 0 Å². The van der Waals surface area contributed by atoms with Crippen LogP contribution >= 0.6 is 0 Å². The minimum Gasteiger partial charge on any atom is -0.507 e. The topological polar surface area (TPSA) is 92.8 Å². The van der Waals surface area contributed by atoms with Crippen LogP contribution in [-0.4, -0.2) is 65.1 Å². The molecule has 6 rings (SSSR count). The van der Waals surface area contributed by atoms with Gasteiger partial charge >= 0.3 is 0 Å². The highest BCUT2D eigenvalue weighted by molar-refractivity contribution is 5.96. The second-order valence-electron chi connectivity index (χ2n) is 14.9. The Morgan fingerprint density at radius 3 is 2.42 bits per heavy atom. The van der Waals surface area contributed by atoms with Gasteiger partial charge in [0, 0.05) is 42.3 Å². The SMILES string of the molecule is CCC[N@+](C)(CC1CC1)[C@@H]1Cc2ccc(C(N)=O)c(O)c2C2C[C@@]3(OC)CC[C@]21C[C@@H]3C(C)(O)C(C)(C)C. The van der Waals surface area contributed by atoms with Gasteiger partial charge in [0.25, 0.3) is 5.91 Å². The molecule has 4 saturated carbocycles. The largest absolute Gasteiger partial charge is 0.507 e. The van der Waals surface area contributed by atoms with Crippen LogP contribution in [0.5, 0.6) is 5.75 Å². The first kappa shape index (κ1) is 27.9. The number of nitrogens with zero attached hydrogens (tertiary/aromatic N) is 1. The van der Waals surface area contributed by atoms with Gasteiger partial charge in [-0.3, -0.25) is 4.79 Å². The van der Waals surface area contributed by atoms with Gasteiger partial charge in [0.2, 0.25) is 0 Å². The first-order valence-corrected chi connectivity index (χ1v) is 14.9. The van der Waals surface area contributed by atoms with Crippen LogP contribution in [0.1, 0.15) is 107 Å². The fourth-order valence-corrected chi connectivity index (χ4v) is 9.33. The van der Waals surface area contributed by atoms with Crippen molar-refractivity contribution in [2.45, 2.75) is 109 Å². The molecule has 212 valence electrons. The molecule has 1 aromatic carbocycles. The number of nitrogens with two attached hydrogens (primary N) is 1. The number of aliphatic hydroxyl groups is 1. The van der Waals surface area contributed by atoms with Crippen LogP contribution in [0, 0.1) is 22.7 Å². The predicted molar refractivity (Wildman–Crippen MR) is 150 cm³/mol. The number of quaternary nitrogens is 1. The Bertz CT molecular complexity index is 1110. The lowest BCUT2D eigenvalue weighted by Crippen LogP contribution is -2.73. The summed E-state index contributed by atoms with van der Waals surface area (Å²) in [6.07, 6.45) is 8.19. The van der Waals surface area contributed by atoms with Crippen LogP contribution in [0.2, 0.25) is 0 Å². The minimum absolute atomic E-state index is 0.0217. The zero-order valence-electron chi connectivity index (χ0n) is 24.8. The molecule has 5 aliphatic carbocycles. The molecule has 5 aliphatic rings. The highest BCUT2D eigenvalue weighted by atomic mass is 16.5. The number of amides is 1. The molecule has 0 saturated heterocycles. The molecular formula is C32H51N2O4+. The van der Waals surface area contributed by atoms with Crippen LogP contribution < -0.4 is 5.73 Å². The van der Waals surface area contributed by atoms with Crippen molar-refractivity contribution in [3.8, 4) is 5.75 Å². The Labute approximate surface area is 229 Å². The third-order valence-corrected chi connectivity index (χ3v) is 11.9. The molecule has 1 aromatic rings.